The van der Waals surface area contributed by atoms with Gasteiger partial charge in [-0.05, 0) is 6.07 Å². The highest BCUT2D eigenvalue weighted by Gasteiger charge is 2.69. The van der Waals surface area contributed by atoms with Crippen molar-refractivity contribution in [2.75, 3.05) is 18.0 Å². The molecule has 0 radical (unpaired) electrons. The van der Waals surface area contributed by atoms with Gasteiger partial charge in [-0.2, -0.15) is 5.26 Å². The van der Waals surface area contributed by atoms with Crippen molar-refractivity contribution >= 4 is 5.95 Å². The number of aromatic nitrogens is 2. The highest BCUT2D eigenvalue weighted by molar-refractivity contribution is 5.38. The number of anilines is 1. The van der Waals surface area contributed by atoms with Gasteiger partial charge < -0.3 is 4.90 Å². The maximum Gasteiger partial charge on any atom is 0.225 e. The Morgan fingerprint density at radius 3 is 2.62 bits per heavy atom. The molecule has 16 heavy (non-hydrogen) atoms. The van der Waals surface area contributed by atoms with Gasteiger partial charge >= 0.3 is 0 Å². The Labute approximate surface area is 92.7 Å². The second-order valence-corrected chi connectivity index (χ2v) is 4.43. The zero-order chi connectivity index (χ0) is 11.2. The van der Waals surface area contributed by atoms with Crippen LogP contribution >= 0.6 is 0 Å². The lowest BCUT2D eigenvalue weighted by Crippen LogP contribution is -2.30. The van der Waals surface area contributed by atoms with Crippen molar-refractivity contribution in [3.63, 3.8) is 0 Å². The zero-order valence-corrected chi connectivity index (χ0v) is 8.67. The van der Waals surface area contributed by atoms with Crippen LogP contribution < -0.4 is 4.90 Å². The summed E-state index contributed by atoms with van der Waals surface area (Å²) in [6.45, 7) is 1.26. The van der Waals surface area contributed by atoms with Crippen molar-refractivity contribution in [3.05, 3.63) is 18.5 Å². The molecule has 1 saturated carbocycles. The fraction of sp³-hybridized carbons (Fsp3) is 0.545. The van der Waals surface area contributed by atoms with Crippen LogP contribution in [0.25, 0.3) is 0 Å². The summed E-state index contributed by atoms with van der Waals surface area (Å²) in [7, 11) is 0. The van der Waals surface area contributed by atoms with E-state index in [2.05, 4.69) is 9.97 Å². The Hall–Kier alpha value is -1.70. The quantitative estimate of drug-likeness (QED) is 0.747. The molecule has 1 aliphatic heterocycles. The van der Waals surface area contributed by atoms with Crippen LogP contribution in [0.4, 0.5) is 10.3 Å². The molecule has 0 spiro atoms. The van der Waals surface area contributed by atoms with Crippen LogP contribution in [0.5, 0.6) is 0 Å². The number of hydrogen-bond donors (Lipinski definition) is 0. The molecule has 0 bridgehead atoms. The third-order valence-corrected chi connectivity index (χ3v) is 3.63. The predicted molar refractivity (Wildman–Crippen MR) is 55.3 cm³/mol. The van der Waals surface area contributed by atoms with E-state index in [1.165, 1.54) is 0 Å². The van der Waals surface area contributed by atoms with Crippen LogP contribution in [-0.2, 0) is 0 Å². The van der Waals surface area contributed by atoms with Crippen molar-refractivity contribution < 1.29 is 4.39 Å². The molecule has 1 aromatic rings. The van der Waals surface area contributed by atoms with E-state index >= 15 is 0 Å². The van der Waals surface area contributed by atoms with Gasteiger partial charge in [0.2, 0.25) is 5.95 Å². The van der Waals surface area contributed by atoms with E-state index in [9.17, 15) is 4.39 Å². The maximum atomic E-state index is 14.0. The minimum Gasteiger partial charge on any atom is -0.340 e. The van der Waals surface area contributed by atoms with Crippen molar-refractivity contribution in [3.8, 4) is 6.07 Å². The van der Waals surface area contributed by atoms with Gasteiger partial charge in [-0.3, -0.25) is 0 Å². The number of fused-ring (bicyclic) bond motifs is 1. The number of nitriles is 1. The second-order valence-electron chi connectivity index (χ2n) is 4.43. The highest BCUT2D eigenvalue weighted by Crippen LogP contribution is 2.60. The summed E-state index contributed by atoms with van der Waals surface area (Å²) < 4.78 is 14.0. The average molecular weight is 218 g/mol. The number of piperidine rings is 1. The van der Waals surface area contributed by atoms with Gasteiger partial charge in [-0.15, -0.1) is 0 Å². The van der Waals surface area contributed by atoms with E-state index in [-0.39, 0.29) is 18.3 Å². The summed E-state index contributed by atoms with van der Waals surface area (Å²) in [5.41, 5.74) is -1.24. The third kappa shape index (κ3) is 1.19. The summed E-state index contributed by atoms with van der Waals surface area (Å²) in [6, 6.07) is 3.69. The van der Waals surface area contributed by atoms with Gasteiger partial charge in [0, 0.05) is 37.3 Å². The van der Waals surface area contributed by atoms with Gasteiger partial charge in [0.25, 0.3) is 0 Å². The third-order valence-electron chi connectivity index (χ3n) is 3.63. The van der Waals surface area contributed by atoms with Crippen LogP contribution in [-0.4, -0.2) is 28.7 Å². The van der Waals surface area contributed by atoms with Crippen molar-refractivity contribution in [1.82, 2.24) is 9.97 Å². The lowest BCUT2D eigenvalue weighted by molar-refractivity contribution is 0.259. The first-order valence-electron chi connectivity index (χ1n) is 5.33. The van der Waals surface area contributed by atoms with E-state index < -0.39 is 5.67 Å². The van der Waals surface area contributed by atoms with Crippen LogP contribution in [0.15, 0.2) is 18.5 Å². The van der Waals surface area contributed by atoms with E-state index in [4.69, 9.17) is 5.26 Å². The molecule has 82 valence electrons. The Balaban J connectivity index is 1.70. The maximum absolute atomic E-state index is 14.0. The number of halogens is 1. The first kappa shape index (κ1) is 9.52. The first-order valence-corrected chi connectivity index (χ1v) is 5.33. The summed E-state index contributed by atoms with van der Waals surface area (Å²) >= 11 is 0. The fourth-order valence-corrected chi connectivity index (χ4v) is 2.67. The van der Waals surface area contributed by atoms with Gasteiger partial charge in [-0.1, -0.05) is 0 Å². The van der Waals surface area contributed by atoms with Crippen molar-refractivity contribution in [2.24, 2.45) is 11.8 Å². The van der Waals surface area contributed by atoms with Crippen molar-refractivity contribution in [2.45, 2.75) is 12.1 Å². The molecule has 0 N–H and O–H groups in total. The van der Waals surface area contributed by atoms with Crippen LogP contribution in [0, 0.1) is 23.2 Å². The minimum atomic E-state index is -1.24. The molecule has 2 fully saturated rings. The van der Waals surface area contributed by atoms with E-state index in [1.807, 2.05) is 11.0 Å². The number of nitrogens with zero attached hydrogens (tertiary/aromatic N) is 4. The normalized spacial score (nSPS) is 35.6. The Morgan fingerprint density at radius 1 is 1.44 bits per heavy atom. The van der Waals surface area contributed by atoms with Crippen LogP contribution in [0.3, 0.4) is 0 Å². The van der Waals surface area contributed by atoms with Crippen molar-refractivity contribution in [1.29, 1.82) is 5.26 Å². The van der Waals surface area contributed by atoms with E-state index in [0.29, 0.717) is 19.0 Å². The molecule has 1 aliphatic carbocycles. The molecule has 2 heterocycles. The van der Waals surface area contributed by atoms with Gasteiger partial charge in [0.15, 0.2) is 0 Å². The average Bonchev–Trinajstić information content (AvgIpc) is 2.68. The fourth-order valence-electron chi connectivity index (χ4n) is 2.67. The highest BCUT2D eigenvalue weighted by atomic mass is 19.1. The summed E-state index contributed by atoms with van der Waals surface area (Å²) in [6.07, 6.45) is 3.39. The molecule has 0 aromatic carbocycles. The Bertz CT molecular complexity index is 429. The van der Waals surface area contributed by atoms with Crippen LogP contribution in [0.2, 0.25) is 0 Å². The van der Waals surface area contributed by atoms with E-state index in [0.717, 1.165) is 0 Å². The lowest BCUT2D eigenvalue weighted by Gasteiger charge is -2.20. The number of hydrogen-bond acceptors (Lipinski definition) is 4. The summed E-state index contributed by atoms with van der Waals surface area (Å²) in [5, 5.41) is 8.55. The van der Waals surface area contributed by atoms with Gasteiger partial charge in [0.05, 0.1) is 12.5 Å². The smallest absolute Gasteiger partial charge is 0.225 e. The summed E-state index contributed by atoms with van der Waals surface area (Å²) in [5.74, 6) is 0.654. The second kappa shape index (κ2) is 3.14. The zero-order valence-electron chi connectivity index (χ0n) is 8.67. The first-order chi connectivity index (χ1) is 7.75. The standard InChI is InChI=1S/C11H11FN4/c12-11(2-3-13)8-6-16(7-9(8)11)10-14-4-1-5-15-10/h1,4-5,8-9H,2,6-7H2. The topological polar surface area (TPSA) is 52.8 Å². The molecule has 1 aromatic heterocycles. The Morgan fingerprint density at radius 2 is 2.06 bits per heavy atom. The number of rotatable bonds is 2. The molecule has 2 unspecified atom stereocenters. The monoisotopic (exact) mass is 218 g/mol. The molecule has 5 heteroatoms. The molecule has 4 nitrogen and oxygen atoms in total. The van der Waals surface area contributed by atoms with Gasteiger partial charge in [-0.25, -0.2) is 14.4 Å². The molecule has 2 aliphatic rings. The van der Waals surface area contributed by atoms with E-state index in [1.54, 1.807) is 18.5 Å². The molecular formula is C11H11FN4. The SMILES string of the molecule is N#CCC1(F)C2CN(c3ncccn3)CC21. The number of alkyl halides is 1. The molecule has 0 amide bonds. The van der Waals surface area contributed by atoms with Crippen LogP contribution in [0.1, 0.15) is 6.42 Å². The lowest BCUT2D eigenvalue weighted by atomic mass is 10.2. The molecule has 1 saturated heterocycles. The minimum absolute atomic E-state index is 0.00374. The molecule has 2 atom stereocenters. The molecular weight excluding hydrogens is 207 g/mol. The largest absolute Gasteiger partial charge is 0.340 e. The molecule has 3 rings (SSSR count). The van der Waals surface area contributed by atoms with Gasteiger partial charge in [0.1, 0.15) is 5.67 Å². The predicted octanol–water partition coefficient (Wildman–Crippen LogP) is 1.16. The summed E-state index contributed by atoms with van der Waals surface area (Å²) in [4.78, 5) is 10.3. The Kier molecular flexibility index (Phi) is 1.87.